The normalized spacial score (nSPS) is 17.6. The third-order valence-corrected chi connectivity index (χ3v) is 8.41. The summed E-state index contributed by atoms with van der Waals surface area (Å²) in [6.07, 6.45) is 0.968. The summed E-state index contributed by atoms with van der Waals surface area (Å²) in [5, 5.41) is 0. The van der Waals surface area contributed by atoms with Crippen molar-refractivity contribution in [2.24, 2.45) is 0 Å². The van der Waals surface area contributed by atoms with Crippen molar-refractivity contribution in [2.45, 2.75) is 57.9 Å². The number of ether oxygens (including phenoxy) is 1. The number of methoxy groups -OCH3 is 1. The smallest absolute Gasteiger partial charge is 0.215 e. The van der Waals surface area contributed by atoms with Gasteiger partial charge in [-0.15, -0.1) is 0 Å². The molecular weight excluding hydrogens is 224 g/mol. The molecule has 0 aliphatic heterocycles. The van der Waals surface area contributed by atoms with Crippen molar-refractivity contribution in [1.29, 1.82) is 0 Å². The van der Waals surface area contributed by atoms with E-state index in [9.17, 15) is 4.80 Å². The first kappa shape index (κ1) is 15.3. The van der Waals surface area contributed by atoms with E-state index >= 15 is 0 Å². The average molecular weight is 250 g/mol. The minimum absolute atomic E-state index is 0.0247. The first-order valence-corrected chi connectivity index (χ1v) is 11.6. The molecule has 0 aromatic rings. The first-order chi connectivity index (χ1) is 6.65. The lowest BCUT2D eigenvalue weighted by Crippen LogP contribution is -2.53. The van der Waals surface area contributed by atoms with Gasteiger partial charge in [0.25, 0.3) is 0 Å². The van der Waals surface area contributed by atoms with Crippen LogP contribution >= 0.6 is 0 Å². The SMILES string of the molecule is CCC(OC)[Si](C)(C)OC(C)[Si](C)(C)O. The van der Waals surface area contributed by atoms with Crippen LogP contribution in [0.1, 0.15) is 20.3 Å². The number of hydrogen-bond donors (Lipinski definition) is 1. The standard InChI is InChI=1S/C10H26O3Si2/c1-8-10(12-3)15(6,7)13-9(2)14(4,5)11/h9-11H,8H2,1-7H3. The van der Waals surface area contributed by atoms with Gasteiger partial charge >= 0.3 is 0 Å². The molecule has 15 heavy (non-hydrogen) atoms. The van der Waals surface area contributed by atoms with Crippen LogP contribution in [0.3, 0.4) is 0 Å². The fourth-order valence-electron chi connectivity index (χ4n) is 1.62. The Kier molecular flexibility index (Phi) is 5.70. The molecule has 0 fully saturated rings. The molecule has 2 unspecified atom stereocenters. The molecule has 0 rings (SSSR count). The van der Waals surface area contributed by atoms with Crippen LogP contribution in [0.15, 0.2) is 0 Å². The Labute approximate surface area is 96.1 Å². The Bertz CT molecular complexity index is 186. The highest BCUT2D eigenvalue weighted by atomic mass is 28.4. The lowest BCUT2D eigenvalue weighted by Gasteiger charge is -2.36. The summed E-state index contributed by atoms with van der Waals surface area (Å²) < 4.78 is 11.5. The minimum Gasteiger partial charge on any atom is -0.430 e. The maximum atomic E-state index is 9.97. The lowest BCUT2D eigenvalue weighted by atomic mass is 10.5. The third kappa shape index (κ3) is 4.78. The fraction of sp³-hybridized carbons (Fsp3) is 1.00. The molecule has 0 saturated heterocycles. The monoisotopic (exact) mass is 250 g/mol. The zero-order valence-corrected chi connectivity index (χ0v) is 13.1. The van der Waals surface area contributed by atoms with Gasteiger partial charge in [0.15, 0.2) is 0 Å². The second kappa shape index (κ2) is 5.59. The molecule has 1 N–H and O–H groups in total. The third-order valence-electron chi connectivity index (χ3n) is 2.91. The van der Waals surface area contributed by atoms with Gasteiger partial charge in [0.2, 0.25) is 16.6 Å². The molecular formula is C10H26O3Si2. The van der Waals surface area contributed by atoms with Gasteiger partial charge in [0.05, 0.1) is 11.5 Å². The van der Waals surface area contributed by atoms with Crippen molar-refractivity contribution >= 4 is 16.6 Å². The van der Waals surface area contributed by atoms with E-state index in [1.165, 1.54) is 0 Å². The summed E-state index contributed by atoms with van der Waals surface area (Å²) >= 11 is 0. The highest BCUT2D eigenvalue weighted by Crippen LogP contribution is 2.21. The maximum Gasteiger partial charge on any atom is 0.215 e. The second-order valence-electron chi connectivity index (χ2n) is 5.15. The maximum absolute atomic E-state index is 9.97. The van der Waals surface area contributed by atoms with Gasteiger partial charge < -0.3 is 14.0 Å². The molecule has 0 radical (unpaired) electrons. The van der Waals surface area contributed by atoms with Crippen LogP contribution < -0.4 is 0 Å². The van der Waals surface area contributed by atoms with E-state index in [1.54, 1.807) is 7.11 Å². The molecule has 0 saturated carbocycles. The van der Waals surface area contributed by atoms with Crippen molar-refractivity contribution in [3.8, 4) is 0 Å². The van der Waals surface area contributed by atoms with E-state index in [-0.39, 0.29) is 11.5 Å². The molecule has 92 valence electrons. The van der Waals surface area contributed by atoms with Gasteiger partial charge in [-0.05, 0) is 39.5 Å². The first-order valence-electron chi connectivity index (χ1n) is 5.58. The summed E-state index contributed by atoms with van der Waals surface area (Å²) in [6, 6.07) is 0. The van der Waals surface area contributed by atoms with Gasteiger partial charge in [-0.25, -0.2) is 0 Å². The van der Waals surface area contributed by atoms with Crippen LogP contribution in [0, 0.1) is 0 Å². The topological polar surface area (TPSA) is 38.7 Å². The van der Waals surface area contributed by atoms with Gasteiger partial charge in [-0.3, -0.25) is 0 Å². The minimum atomic E-state index is -2.18. The van der Waals surface area contributed by atoms with Gasteiger partial charge in [0, 0.05) is 7.11 Å². The molecule has 0 aliphatic carbocycles. The molecule has 0 amide bonds. The van der Waals surface area contributed by atoms with Crippen LogP contribution in [0.25, 0.3) is 0 Å². The van der Waals surface area contributed by atoms with Gasteiger partial charge in [-0.1, -0.05) is 6.92 Å². The summed E-state index contributed by atoms with van der Waals surface area (Å²) in [5.74, 6) is 0. The van der Waals surface area contributed by atoms with Crippen LogP contribution in [0.5, 0.6) is 0 Å². The molecule has 2 atom stereocenters. The zero-order valence-electron chi connectivity index (χ0n) is 11.1. The molecule has 3 nitrogen and oxygen atoms in total. The van der Waals surface area contributed by atoms with Crippen LogP contribution in [0.4, 0.5) is 0 Å². The number of hydrogen-bond acceptors (Lipinski definition) is 3. The molecule has 0 aliphatic rings. The Morgan fingerprint density at radius 3 is 1.93 bits per heavy atom. The van der Waals surface area contributed by atoms with Gasteiger partial charge in [-0.2, -0.15) is 0 Å². The Morgan fingerprint density at radius 1 is 1.20 bits per heavy atom. The van der Waals surface area contributed by atoms with Gasteiger partial charge in [0.1, 0.15) is 0 Å². The molecule has 0 spiro atoms. The number of rotatable bonds is 6. The van der Waals surface area contributed by atoms with Crippen LogP contribution in [0.2, 0.25) is 26.2 Å². The highest BCUT2D eigenvalue weighted by molar-refractivity contribution is 6.76. The Balaban J connectivity index is 4.49. The van der Waals surface area contributed by atoms with Crippen molar-refractivity contribution in [3.63, 3.8) is 0 Å². The van der Waals surface area contributed by atoms with Crippen LogP contribution in [-0.4, -0.2) is 40.0 Å². The molecule has 0 aromatic carbocycles. The van der Waals surface area contributed by atoms with E-state index in [4.69, 9.17) is 9.16 Å². The van der Waals surface area contributed by atoms with E-state index in [0.29, 0.717) is 0 Å². The van der Waals surface area contributed by atoms with Crippen molar-refractivity contribution in [1.82, 2.24) is 0 Å². The quantitative estimate of drug-likeness (QED) is 0.735. The highest BCUT2D eigenvalue weighted by Gasteiger charge is 2.38. The predicted molar refractivity (Wildman–Crippen MR) is 68.8 cm³/mol. The Morgan fingerprint density at radius 2 is 1.67 bits per heavy atom. The summed E-state index contributed by atoms with van der Waals surface area (Å²) in [4.78, 5) is 9.97. The van der Waals surface area contributed by atoms with E-state index < -0.39 is 16.6 Å². The molecule has 0 bridgehead atoms. The Hall–Kier alpha value is 0.314. The van der Waals surface area contributed by atoms with Crippen molar-refractivity contribution < 1.29 is 14.0 Å². The van der Waals surface area contributed by atoms with E-state index in [2.05, 4.69) is 20.0 Å². The van der Waals surface area contributed by atoms with E-state index in [0.717, 1.165) is 6.42 Å². The lowest BCUT2D eigenvalue weighted by molar-refractivity contribution is 0.121. The summed E-state index contributed by atoms with van der Waals surface area (Å²) in [5.41, 5.74) is 0.180. The second-order valence-corrected chi connectivity index (χ2v) is 13.4. The fourth-order valence-corrected chi connectivity index (χ4v) is 6.30. The van der Waals surface area contributed by atoms with Crippen molar-refractivity contribution in [3.05, 3.63) is 0 Å². The van der Waals surface area contributed by atoms with Crippen molar-refractivity contribution in [2.75, 3.05) is 7.11 Å². The molecule has 0 aromatic heterocycles. The summed E-state index contributed by atoms with van der Waals surface area (Å²) in [7, 11) is -2.30. The molecule has 0 heterocycles. The van der Waals surface area contributed by atoms with E-state index in [1.807, 2.05) is 20.0 Å². The average Bonchev–Trinajstić information content (AvgIpc) is 2.02. The summed E-state index contributed by atoms with van der Waals surface area (Å²) in [6.45, 7) is 12.2. The zero-order chi connectivity index (χ0) is 12.3. The predicted octanol–water partition coefficient (Wildman–Crippen LogP) is 2.30. The molecule has 5 heteroatoms. The van der Waals surface area contributed by atoms with Crippen LogP contribution in [-0.2, 0) is 9.16 Å². The largest absolute Gasteiger partial charge is 0.430 e.